The number of carbonyl (C=O) groups excluding carboxylic acids is 1. The highest BCUT2D eigenvalue weighted by Gasteiger charge is 1.80. The Balaban J connectivity index is 3.27. The average molecular weight is 139 g/mol. The lowest BCUT2D eigenvalue weighted by molar-refractivity contribution is -0.113. The second-order valence-corrected chi connectivity index (χ2v) is 1.95. The van der Waals surface area contributed by atoms with Crippen LogP contribution in [0, 0.1) is 0 Å². The predicted octanol–water partition coefficient (Wildman–Crippen LogP) is 1.38. The molecule has 0 unspecified atom stereocenters. The fourth-order valence-electron chi connectivity index (χ4n) is 0.559. The molecule has 0 rings (SSSR count). The van der Waals surface area contributed by atoms with Gasteiger partial charge in [0, 0.05) is 0 Å². The quantitative estimate of drug-likeness (QED) is 0.357. The molecule has 0 radical (unpaired) electrons. The Morgan fingerprint density at radius 3 is 2.50 bits per heavy atom. The number of hydrogen-bond donors (Lipinski definition) is 1. The van der Waals surface area contributed by atoms with Gasteiger partial charge in [0.05, 0.1) is 0 Å². The van der Waals surface area contributed by atoms with Crippen LogP contribution in [0.25, 0.3) is 0 Å². The van der Waals surface area contributed by atoms with E-state index < -0.39 is 0 Å². The van der Waals surface area contributed by atoms with E-state index in [1.54, 1.807) is 6.08 Å². The number of allylic oxidation sites excluding steroid dienone is 3. The first kappa shape index (κ1) is 8.95. The zero-order valence-electron chi connectivity index (χ0n) is 6.21. The fourth-order valence-corrected chi connectivity index (χ4v) is 0.559. The number of rotatable bonds is 4. The van der Waals surface area contributed by atoms with Crippen LogP contribution in [-0.2, 0) is 4.79 Å². The molecule has 0 fully saturated rings. The van der Waals surface area contributed by atoms with Gasteiger partial charge in [0.25, 0.3) is 0 Å². The number of primary amides is 1. The molecule has 0 saturated carbocycles. The summed E-state index contributed by atoms with van der Waals surface area (Å²) in [6.45, 7) is 1.97. The van der Waals surface area contributed by atoms with Crippen molar-refractivity contribution in [3.8, 4) is 0 Å². The van der Waals surface area contributed by atoms with E-state index in [2.05, 4.69) is 0 Å². The molecule has 0 aromatic rings. The molecule has 56 valence electrons. The normalized spacial score (nSPS) is 11.3. The summed E-state index contributed by atoms with van der Waals surface area (Å²) in [5.74, 6) is -0.375. The molecular formula is C8H13NO. The first-order valence-electron chi connectivity index (χ1n) is 3.34. The van der Waals surface area contributed by atoms with Crippen LogP contribution in [0.2, 0.25) is 0 Å². The largest absolute Gasteiger partial charge is 0.366 e. The molecule has 10 heavy (non-hydrogen) atoms. The molecule has 0 aromatic heterocycles. The number of nitrogens with two attached hydrogens (primary N) is 1. The smallest absolute Gasteiger partial charge is 0.241 e. The SMILES string of the molecule is CC=CCCC=CC(N)=O. The Hall–Kier alpha value is -1.05. The monoisotopic (exact) mass is 139 g/mol. The van der Waals surface area contributed by atoms with E-state index >= 15 is 0 Å². The highest BCUT2D eigenvalue weighted by Crippen LogP contribution is 1.91. The lowest BCUT2D eigenvalue weighted by Gasteiger charge is -1.83. The summed E-state index contributed by atoms with van der Waals surface area (Å²) in [5.41, 5.74) is 4.86. The van der Waals surface area contributed by atoms with Gasteiger partial charge in [0.2, 0.25) is 5.91 Å². The lowest BCUT2D eigenvalue weighted by Crippen LogP contribution is -2.05. The average Bonchev–Trinajstić information content (AvgIpc) is 1.87. The first-order chi connectivity index (χ1) is 4.77. The van der Waals surface area contributed by atoms with Gasteiger partial charge in [0.15, 0.2) is 0 Å². The third-order valence-electron chi connectivity index (χ3n) is 1.02. The van der Waals surface area contributed by atoms with E-state index in [0.717, 1.165) is 12.8 Å². The van der Waals surface area contributed by atoms with Gasteiger partial charge >= 0.3 is 0 Å². The van der Waals surface area contributed by atoms with Crippen molar-refractivity contribution >= 4 is 5.91 Å². The zero-order chi connectivity index (χ0) is 7.82. The minimum atomic E-state index is -0.375. The standard InChI is InChI=1S/C8H13NO/c1-2-3-4-5-6-7-8(9)10/h2-3,6-7H,4-5H2,1H3,(H2,9,10). The van der Waals surface area contributed by atoms with Gasteiger partial charge in [-0.1, -0.05) is 18.2 Å². The number of amides is 1. The van der Waals surface area contributed by atoms with E-state index in [-0.39, 0.29) is 5.91 Å². The summed E-state index contributed by atoms with van der Waals surface area (Å²) in [6.07, 6.45) is 9.06. The second kappa shape index (κ2) is 6.08. The van der Waals surface area contributed by atoms with Crippen molar-refractivity contribution in [1.29, 1.82) is 0 Å². The van der Waals surface area contributed by atoms with Crippen LogP contribution in [0.3, 0.4) is 0 Å². The Kier molecular flexibility index (Phi) is 5.44. The molecule has 0 aliphatic rings. The van der Waals surface area contributed by atoms with Crippen molar-refractivity contribution in [2.24, 2.45) is 5.73 Å². The number of unbranched alkanes of at least 4 members (excludes halogenated alkanes) is 1. The van der Waals surface area contributed by atoms with Crippen LogP contribution in [0.1, 0.15) is 19.8 Å². The van der Waals surface area contributed by atoms with E-state index in [9.17, 15) is 4.79 Å². The van der Waals surface area contributed by atoms with Gasteiger partial charge in [-0.05, 0) is 25.8 Å². The highest BCUT2D eigenvalue weighted by atomic mass is 16.1. The van der Waals surface area contributed by atoms with Crippen LogP contribution < -0.4 is 5.73 Å². The second-order valence-electron chi connectivity index (χ2n) is 1.95. The van der Waals surface area contributed by atoms with E-state index in [0.29, 0.717) is 0 Å². The van der Waals surface area contributed by atoms with Crippen LogP contribution in [0.5, 0.6) is 0 Å². The molecule has 0 saturated heterocycles. The summed E-state index contributed by atoms with van der Waals surface area (Å²) < 4.78 is 0. The van der Waals surface area contributed by atoms with Crippen LogP contribution in [0.15, 0.2) is 24.3 Å². The highest BCUT2D eigenvalue weighted by molar-refractivity contribution is 5.85. The Morgan fingerprint density at radius 2 is 2.00 bits per heavy atom. The van der Waals surface area contributed by atoms with Gasteiger partial charge in [-0.2, -0.15) is 0 Å². The lowest BCUT2D eigenvalue weighted by atomic mass is 10.3. The Bertz CT molecular complexity index is 147. The number of hydrogen-bond acceptors (Lipinski definition) is 1. The molecule has 0 aliphatic heterocycles. The van der Waals surface area contributed by atoms with Crippen LogP contribution in [-0.4, -0.2) is 5.91 Å². The minimum Gasteiger partial charge on any atom is -0.366 e. The topological polar surface area (TPSA) is 43.1 Å². The zero-order valence-corrected chi connectivity index (χ0v) is 6.21. The van der Waals surface area contributed by atoms with Crippen molar-refractivity contribution in [3.05, 3.63) is 24.3 Å². The molecule has 2 N–H and O–H groups in total. The molecule has 0 bridgehead atoms. The van der Waals surface area contributed by atoms with Crippen molar-refractivity contribution in [1.82, 2.24) is 0 Å². The Labute approximate surface area is 61.4 Å². The summed E-state index contributed by atoms with van der Waals surface area (Å²) in [7, 11) is 0. The van der Waals surface area contributed by atoms with E-state index in [1.165, 1.54) is 6.08 Å². The first-order valence-corrected chi connectivity index (χ1v) is 3.34. The third-order valence-corrected chi connectivity index (χ3v) is 1.02. The van der Waals surface area contributed by atoms with Gasteiger partial charge in [-0.25, -0.2) is 0 Å². The van der Waals surface area contributed by atoms with Crippen molar-refractivity contribution < 1.29 is 4.79 Å². The minimum absolute atomic E-state index is 0.375. The van der Waals surface area contributed by atoms with Gasteiger partial charge in [-0.3, -0.25) is 4.79 Å². The summed E-state index contributed by atoms with van der Waals surface area (Å²) in [5, 5.41) is 0. The van der Waals surface area contributed by atoms with Crippen LogP contribution in [0.4, 0.5) is 0 Å². The molecule has 2 nitrogen and oxygen atoms in total. The Morgan fingerprint density at radius 1 is 1.40 bits per heavy atom. The molecule has 0 atom stereocenters. The maximum atomic E-state index is 10.1. The molecule has 0 aliphatic carbocycles. The maximum Gasteiger partial charge on any atom is 0.241 e. The van der Waals surface area contributed by atoms with E-state index in [4.69, 9.17) is 5.73 Å². The van der Waals surface area contributed by atoms with Crippen molar-refractivity contribution in [3.63, 3.8) is 0 Å². The van der Waals surface area contributed by atoms with Gasteiger partial charge in [0.1, 0.15) is 0 Å². The van der Waals surface area contributed by atoms with Crippen molar-refractivity contribution in [2.75, 3.05) is 0 Å². The third kappa shape index (κ3) is 6.95. The fraction of sp³-hybridized carbons (Fsp3) is 0.375. The molecule has 0 aromatic carbocycles. The summed E-state index contributed by atoms with van der Waals surface area (Å²) in [4.78, 5) is 10.1. The molecular weight excluding hydrogens is 126 g/mol. The van der Waals surface area contributed by atoms with Crippen LogP contribution >= 0.6 is 0 Å². The van der Waals surface area contributed by atoms with Gasteiger partial charge < -0.3 is 5.73 Å². The number of carbonyl (C=O) groups is 1. The predicted molar refractivity (Wildman–Crippen MR) is 42.4 cm³/mol. The van der Waals surface area contributed by atoms with Crippen molar-refractivity contribution in [2.45, 2.75) is 19.8 Å². The molecule has 0 heterocycles. The van der Waals surface area contributed by atoms with Gasteiger partial charge in [-0.15, -0.1) is 0 Å². The molecule has 0 spiro atoms. The summed E-state index contributed by atoms with van der Waals surface area (Å²) >= 11 is 0. The molecule has 2 heteroatoms. The summed E-state index contributed by atoms with van der Waals surface area (Å²) in [6, 6.07) is 0. The van der Waals surface area contributed by atoms with E-state index in [1.807, 2.05) is 19.1 Å². The maximum absolute atomic E-state index is 10.1. The molecule has 1 amide bonds.